The van der Waals surface area contributed by atoms with Gasteiger partial charge in [0.2, 0.25) is 5.71 Å². The quantitative estimate of drug-likeness (QED) is 0.272. The van der Waals surface area contributed by atoms with Gasteiger partial charge in [0.1, 0.15) is 29.3 Å². The SMILES string of the molecule is COc1ccc(-c2oc3ncn4nc(-c5cc6ccccc6cc5O)nc4c3c2-c2ccc(OC)cc2)cc1. The van der Waals surface area contributed by atoms with E-state index in [1.165, 1.54) is 0 Å². The standard InChI is InChI=1S/C31H22N4O4/c1-37-22-11-7-18(8-12-22)26-27-30-33-29(24-15-20-5-3-4-6-21(20)16-25(24)36)34-35(30)17-32-31(27)39-28(26)19-9-13-23(38-2)14-10-19/h3-17,36H,1-2H3. The van der Waals surface area contributed by atoms with E-state index in [0.717, 1.165) is 39.0 Å². The van der Waals surface area contributed by atoms with Crippen LogP contribution in [0.1, 0.15) is 0 Å². The zero-order valence-corrected chi connectivity index (χ0v) is 21.1. The fourth-order valence-corrected chi connectivity index (χ4v) is 4.90. The van der Waals surface area contributed by atoms with E-state index in [2.05, 4.69) is 10.1 Å². The van der Waals surface area contributed by atoms with E-state index in [1.54, 1.807) is 31.1 Å². The molecule has 0 aliphatic carbocycles. The Balaban J connectivity index is 1.49. The van der Waals surface area contributed by atoms with E-state index in [9.17, 15) is 5.11 Å². The lowest BCUT2D eigenvalue weighted by molar-refractivity contribution is 0.414. The summed E-state index contributed by atoms with van der Waals surface area (Å²) in [5.74, 6) is 2.64. The van der Waals surface area contributed by atoms with Crippen LogP contribution in [0.15, 0.2) is 95.7 Å². The van der Waals surface area contributed by atoms with Gasteiger partial charge >= 0.3 is 0 Å². The van der Waals surface area contributed by atoms with E-state index in [4.69, 9.17) is 18.9 Å². The molecule has 0 bridgehead atoms. The van der Waals surface area contributed by atoms with Gasteiger partial charge in [0.05, 0.1) is 25.2 Å². The van der Waals surface area contributed by atoms with E-state index in [0.29, 0.717) is 33.9 Å². The first-order valence-corrected chi connectivity index (χ1v) is 12.3. The molecule has 190 valence electrons. The van der Waals surface area contributed by atoms with Gasteiger partial charge in [-0.15, -0.1) is 5.10 Å². The number of aromatic hydroxyl groups is 1. The van der Waals surface area contributed by atoms with Gasteiger partial charge in [-0.1, -0.05) is 36.4 Å². The average molecular weight is 515 g/mol. The number of rotatable bonds is 5. The summed E-state index contributed by atoms with van der Waals surface area (Å²) in [6, 6.07) is 26.9. The molecule has 1 N–H and O–H groups in total. The minimum absolute atomic E-state index is 0.107. The number of nitrogens with zero attached hydrogens (tertiary/aromatic N) is 4. The molecule has 8 nitrogen and oxygen atoms in total. The smallest absolute Gasteiger partial charge is 0.232 e. The maximum absolute atomic E-state index is 10.8. The highest BCUT2D eigenvalue weighted by molar-refractivity contribution is 6.07. The number of phenols is 1. The van der Waals surface area contributed by atoms with Crippen LogP contribution in [0.3, 0.4) is 0 Å². The van der Waals surface area contributed by atoms with Gasteiger partial charge in [-0.25, -0.2) is 14.5 Å². The van der Waals surface area contributed by atoms with Crippen LogP contribution in [0.2, 0.25) is 0 Å². The molecule has 3 heterocycles. The summed E-state index contributed by atoms with van der Waals surface area (Å²) in [6.45, 7) is 0. The van der Waals surface area contributed by atoms with Gasteiger partial charge in [0, 0.05) is 11.1 Å². The second kappa shape index (κ2) is 8.88. The van der Waals surface area contributed by atoms with Gasteiger partial charge in [-0.2, -0.15) is 0 Å². The Labute approximate surface area is 222 Å². The lowest BCUT2D eigenvalue weighted by Gasteiger charge is -2.06. The summed E-state index contributed by atoms with van der Waals surface area (Å²) in [4.78, 5) is 9.45. The third-order valence-corrected chi connectivity index (χ3v) is 6.86. The number of methoxy groups -OCH3 is 2. The predicted molar refractivity (Wildman–Crippen MR) is 149 cm³/mol. The van der Waals surface area contributed by atoms with Gasteiger partial charge in [0.15, 0.2) is 11.5 Å². The predicted octanol–water partition coefficient (Wildman–Crippen LogP) is 6.75. The number of fused-ring (bicyclic) bond motifs is 4. The average Bonchev–Trinajstić information content (AvgIpc) is 3.59. The van der Waals surface area contributed by atoms with Crippen molar-refractivity contribution in [3.63, 3.8) is 0 Å². The topological polar surface area (TPSA) is 94.9 Å². The van der Waals surface area contributed by atoms with Crippen LogP contribution in [0.4, 0.5) is 0 Å². The van der Waals surface area contributed by atoms with E-state index >= 15 is 0 Å². The van der Waals surface area contributed by atoms with Crippen LogP contribution >= 0.6 is 0 Å². The summed E-state index contributed by atoms with van der Waals surface area (Å²) >= 11 is 0. The molecule has 0 spiro atoms. The molecule has 7 aromatic rings. The number of hydrogen-bond donors (Lipinski definition) is 1. The molecule has 0 amide bonds. The number of hydrogen-bond acceptors (Lipinski definition) is 7. The Morgan fingerprint density at radius 2 is 1.44 bits per heavy atom. The first-order valence-electron chi connectivity index (χ1n) is 12.3. The first-order chi connectivity index (χ1) is 19.1. The summed E-state index contributed by atoms with van der Waals surface area (Å²) in [6.07, 6.45) is 1.57. The van der Waals surface area contributed by atoms with E-state index < -0.39 is 0 Å². The normalized spacial score (nSPS) is 11.4. The monoisotopic (exact) mass is 514 g/mol. The molecular formula is C31H22N4O4. The van der Waals surface area contributed by atoms with Crippen molar-refractivity contribution >= 4 is 27.5 Å². The van der Waals surface area contributed by atoms with Crippen LogP contribution in [0.25, 0.3) is 61.4 Å². The molecule has 0 aliphatic rings. The van der Waals surface area contributed by atoms with Gasteiger partial charge in [-0.05, 0) is 64.9 Å². The fourth-order valence-electron chi connectivity index (χ4n) is 4.90. The molecule has 0 saturated heterocycles. The highest BCUT2D eigenvalue weighted by atomic mass is 16.5. The van der Waals surface area contributed by atoms with Crippen molar-refractivity contribution in [1.29, 1.82) is 0 Å². The fraction of sp³-hybridized carbons (Fsp3) is 0.0645. The highest BCUT2D eigenvalue weighted by Crippen LogP contribution is 2.43. The Hall–Kier alpha value is -5.37. The van der Waals surface area contributed by atoms with Crippen LogP contribution in [-0.2, 0) is 0 Å². The lowest BCUT2D eigenvalue weighted by Crippen LogP contribution is -1.91. The van der Waals surface area contributed by atoms with Crippen molar-refractivity contribution in [3.05, 3.63) is 91.3 Å². The first kappa shape index (κ1) is 22.8. The van der Waals surface area contributed by atoms with E-state index in [1.807, 2.05) is 78.9 Å². The summed E-state index contributed by atoms with van der Waals surface area (Å²) < 4.78 is 18.7. The Kier molecular flexibility index (Phi) is 5.19. The Morgan fingerprint density at radius 3 is 2.10 bits per heavy atom. The number of phenolic OH excluding ortho intramolecular Hbond substituents is 1. The molecule has 0 aliphatic heterocycles. The minimum Gasteiger partial charge on any atom is -0.507 e. The molecule has 4 aromatic carbocycles. The third kappa shape index (κ3) is 3.73. The second-order valence-corrected chi connectivity index (χ2v) is 9.11. The van der Waals surface area contributed by atoms with Crippen molar-refractivity contribution in [2.75, 3.05) is 14.2 Å². The molecular weight excluding hydrogens is 492 g/mol. The van der Waals surface area contributed by atoms with Gasteiger partial charge in [-0.3, -0.25) is 0 Å². The van der Waals surface area contributed by atoms with Crippen LogP contribution < -0.4 is 9.47 Å². The summed E-state index contributed by atoms with van der Waals surface area (Å²) in [5.41, 5.74) is 4.14. The molecule has 7 rings (SSSR count). The van der Waals surface area contributed by atoms with Crippen molar-refractivity contribution < 1.29 is 19.0 Å². The summed E-state index contributed by atoms with van der Waals surface area (Å²) in [7, 11) is 3.27. The lowest BCUT2D eigenvalue weighted by atomic mass is 9.99. The van der Waals surface area contributed by atoms with Crippen molar-refractivity contribution in [3.8, 4) is 51.1 Å². The minimum atomic E-state index is 0.107. The van der Waals surface area contributed by atoms with Crippen LogP contribution in [0, 0.1) is 0 Å². The van der Waals surface area contributed by atoms with Crippen molar-refractivity contribution in [2.24, 2.45) is 0 Å². The number of benzene rings is 4. The Morgan fingerprint density at radius 1 is 0.795 bits per heavy atom. The van der Waals surface area contributed by atoms with Crippen molar-refractivity contribution in [2.45, 2.75) is 0 Å². The molecule has 0 fully saturated rings. The van der Waals surface area contributed by atoms with Crippen molar-refractivity contribution in [1.82, 2.24) is 19.6 Å². The molecule has 3 aromatic heterocycles. The maximum Gasteiger partial charge on any atom is 0.232 e. The third-order valence-electron chi connectivity index (χ3n) is 6.86. The second-order valence-electron chi connectivity index (χ2n) is 9.11. The molecule has 0 saturated carbocycles. The molecule has 39 heavy (non-hydrogen) atoms. The number of furan rings is 1. The maximum atomic E-state index is 10.8. The molecule has 0 radical (unpaired) electrons. The van der Waals surface area contributed by atoms with Crippen LogP contribution in [-0.4, -0.2) is 38.9 Å². The van der Waals surface area contributed by atoms with Crippen LogP contribution in [0.5, 0.6) is 17.2 Å². The number of ether oxygens (including phenoxy) is 2. The highest BCUT2D eigenvalue weighted by Gasteiger charge is 2.24. The van der Waals surface area contributed by atoms with E-state index in [-0.39, 0.29) is 5.75 Å². The zero-order valence-electron chi connectivity index (χ0n) is 21.1. The largest absolute Gasteiger partial charge is 0.507 e. The Bertz CT molecular complexity index is 1990. The van der Waals surface area contributed by atoms with Gasteiger partial charge in [0.25, 0.3) is 0 Å². The van der Waals surface area contributed by atoms with Gasteiger partial charge < -0.3 is 19.0 Å². The number of aromatic nitrogens is 4. The molecule has 8 heteroatoms. The summed E-state index contributed by atoms with van der Waals surface area (Å²) in [5, 5.41) is 18.1. The zero-order chi connectivity index (χ0) is 26.5. The molecule has 0 atom stereocenters. The molecule has 0 unspecified atom stereocenters.